The number of nitrogens with one attached hydrogen (secondary N) is 1. The molecule has 6 heteroatoms. The molecule has 124 valence electrons. The summed E-state index contributed by atoms with van der Waals surface area (Å²) in [6.07, 6.45) is 0. The standard InChI is InChI=1S/C19H13BrN2O2S/c20-13-8-10-14(11-9-13)22-18(23)17(25-19(22)24)21-16-7-3-5-12-4-1-2-6-15(12)16/h1-11,17,21H/t17-/m0/s1. The maximum absolute atomic E-state index is 12.8. The van der Waals surface area contributed by atoms with Gasteiger partial charge in [0.15, 0.2) is 5.37 Å². The lowest BCUT2D eigenvalue weighted by Gasteiger charge is -2.16. The molecule has 1 heterocycles. The Morgan fingerprint density at radius 1 is 0.920 bits per heavy atom. The molecule has 4 nitrogen and oxygen atoms in total. The van der Waals surface area contributed by atoms with Crippen molar-refractivity contribution in [2.24, 2.45) is 0 Å². The molecule has 0 aromatic heterocycles. The lowest BCUT2D eigenvalue weighted by molar-refractivity contribution is -0.116. The van der Waals surface area contributed by atoms with Crippen molar-refractivity contribution in [2.45, 2.75) is 5.37 Å². The maximum atomic E-state index is 12.8. The topological polar surface area (TPSA) is 49.4 Å². The SMILES string of the molecule is O=C1S[C@H](Nc2cccc3ccccc23)C(=O)N1c1ccc(Br)cc1. The molecule has 4 rings (SSSR count). The third-order valence-electron chi connectivity index (χ3n) is 4.01. The van der Waals surface area contributed by atoms with Crippen LogP contribution in [0.1, 0.15) is 0 Å². The number of imide groups is 1. The zero-order valence-corrected chi connectivity index (χ0v) is 15.4. The van der Waals surface area contributed by atoms with Gasteiger partial charge in [-0.15, -0.1) is 0 Å². The average Bonchev–Trinajstić information content (AvgIpc) is 2.90. The Balaban J connectivity index is 1.63. The fraction of sp³-hybridized carbons (Fsp3) is 0.0526. The summed E-state index contributed by atoms with van der Waals surface area (Å²) in [6, 6.07) is 20.9. The fourth-order valence-electron chi connectivity index (χ4n) is 2.82. The molecule has 1 saturated heterocycles. The van der Waals surface area contributed by atoms with Gasteiger partial charge < -0.3 is 5.32 Å². The molecule has 3 aromatic rings. The monoisotopic (exact) mass is 412 g/mol. The van der Waals surface area contributed by atoms with E-state index >= 15 is 0 Å². The Hall–Kier alpha value is -2.31. The van der Waals surface area contributed by atoms with Crippen molar-refractivity contribution in [1.82, 2.24) is 0 Å². The van der Waals surface area contributed by atoms with Crippen LogP contribution < -0.4 is 10.2 Å². The zero-order chi connectivity index (χ0) is 17.4. The van der Waals surface area contributed by atoms with Gasteiger partial charge in [-0.1, -0.05) is 52.3 Å². The van der Waals surface area contributed by atoms with Crippen LogP contribution in [0.25, 0.3) is 10.8 Å². The van der Waals surface area contributed by atoms with Gasteiger partial charge in [-0.25, -0.2) is 4.90 Å². The molecule has 1 N–H and O–H groups in total. The first-order valence-electron chi connectivity index (χ1n) is 7.68. The van der Waals surface area contributed by atoms with Crippen molar-refractivity contribution in [2.75, 3.05) is 10.2 Å². The van der Waals surface area contributed by atoms with Gasteiger partial charge in [-0.3, -0.25) is 9.59 Å². The molecular formula is C19H13BrN2O2S. The summed E-state index contributed by atoms with van der Waals surface area (Å²) < 4.78 is 0.897. The minimum absolute atomic E-state index is 0.259. The molecule has 0 radical (unpaired) electrons. The normalized spacial score (nSPS) is 17.3. The minimum Gasteiger partial charge on any atom is -0.365 e. The Morgan fingerprint density at radius 3 is 2.44 bits per heavy atom. The van der Waals surface area contributed by atoms with Gasteiger partial charge in [0.25, 0.3) is 11.1 Å². The van der Waals surface area contributed by atoms with E-state index in [1.54, 1.807) is 12.1 Å². The average molecular weight is 413 g/mol. The Kier molecular flexibility index (Phi) is 4.23. The number of rotatable bonds is 3. The first-order chi connectivity index (χ1) is 12.1. The largest absolute Gasteiger partial charge is 0.365 e. The quantitative estimate of drug-likeness (QED) is 0.638. The van der Waals surface area contributed by atoms with E-state index in [1.807, 2.05) is 54.6 Å². The van der Waals surface area contributed by atoms with Gasteiger partial charge in [-0.2, -0.15) is 0 Å². The lowest BCUT2D eigenvalue weighted by atomic mass is 10.1. The summed E-state index contributed by atoms with van der Waals surface area (Å²) in [4.78, 5) is 26.3. The lowest BCUT2D eigenvalue weighted by Crippen LogP contribution is -2.34. The molecular weight excluding hydrogens is 400 g/mol. The predicted octanol–water partition coefficient (Wildman–Crippen LogP) is 5.24. The number of benzene rings is 3. The predicted molar refractivity (Wildman–Crippen MR) is 106 cm³/mol. The van der Waals surface area contributed by atoms with Crippen molar-refractivity contribution in [1.29, 1.82) is 0 Å². The first kappa shape index (κ1) is 16.2. The summed E-state index contributed by atoms with van der Waals surface area (Å²) in [5.74, 6) is -0.259. The second-order valence-electron chi connectivity index (χ2n) is 5.58. The van der Waals surface area contributed by atoms with Crippen molar-refractivity contribution >= 4 is 61.0 Å². The molecule has 0 spiro atoms. The van der Waals surface area contributed by atoms with Crippen molar-refractivity contribution in [3.05, 3.63) is 71.2 Å². The molecule has 1 aliphatic heterocycles. The van der Waals surface area contributed by atoms with Gasteiger partial charge in [0.2, 0.25) is 0 Å². The highest BCUT2D eigenvalue weighted by atomic mass is 79.9. The summed E-state index contributed by atoms with van der Waals surface area (Å²) >= 11 is 4.36. The number of hydrogen-bond donors (Lipinski definition) is 1. The van der Waals surface area contributed by atoms with Gasteiger partial charge in [-0.05, 0) is 47.5 Å². The summed E-state index contributed by atoms with van der Waals surface area (Å²) in [7, 11) is 0. The Labute approximate surface area is 157 Å². The van der Waals surface area contributed by atoms with E-state index in [1.165, 1.54) is 4.90 Å². The maximum Gasteiger partial charge on any atom is 0.295 e. The third kappa shape index (κ3) is 3.03. The first-order valence-corrected chi connectivity index (χ1v) is 9.35. The highest BCUT2D eigenvalue weighted by molar-refractivity contribution is 9.10. The number of thioether (sulfide) groups is 1. The summed E-state index contributed by atoms with van der Waals surface area (Å²) in [5, 5.41) is 4.41. The van der Waals surface area contributed by atoms with Crippen LogP contribution in [0.15, 0.2) is 71.2 Å². The van der Waals surface area contributed by atoms with Crippen LogP contribution in [-0.2, 0) is 4.79 Å². The highest BCUT2D eigenvalue weighted by Gasteiger charge is 2.40. The third-order valence-corrected chi connectivity index (χ3v) is 5.48. The van der Waals surface area contributed by atoms with Gasteiger partial charge >= 0.3 is 0 Å². The molecule has 1 aliphatic rings. The van der Waals surface area contributed by atoms with Crippen molar-refractivity contribution in [3.63, 3.8) is 0 Å². The second kappa shape index (κ2) is 6.54. The number of carbonyl (C=O) groups is 2. The summed E-state index contributed by atoms with van der Waals surface area (Å²) in [5.41, 5.74) is 1.42. The molecule has 3 aromatic carbocycles. The van der Waals surface area contributed by atoms with E-state index in [4.69, 9.17) is 0 Å². The molecule has 2 amide bonds. The molecule has 1 atom stereocenters. The van der Waals surface area contributed by atoms with Crippen LogP contribution >= 0.6 is 27.7 Å². The number of amides is 2. The second-order valence-corrected chi connectivity index (χ2v) is 7.56. The van der Waals surface area contributed by atoms with E-state index in [0.717, 1.165) is 32.7 Å². The zero-order valence-electron chi connectivity index (χ0n) is 13.0. The van der Waals surface area contributed by atoms with Crippen LogP contribution in [0.2, 0.25) is 0 Å². The van der Waals surface area contributed by atoms with E-state index in [0.29, 0.717) is 5.69 Å². The van der Waals surface area contributed by atoms with E-state index in [9.17, 15) is 9.59 Å². The molecule has 0 aliphatic carbocycles. The van der Waals surface area contributed by atoms with Crippen LogP contribution in [0.4, 0.5) is 16.2 Å². The molecule has 0 unspecified atom stereocenters. The Bertz CT molecular complexity index is 969. The highest BCUT2D eigenvalue weighted by Crippen LogP contribution is 2.34. The summed E-state index contributed by atoms with van der Waals surface area (Å²) in [6.45, 7) is 0. The van der Waals surface area contributed by atoms with E-state index in [2.05, 4.69) is 21.2 Å². The molecule has 1 fully saturated rings. The van der Waals surface area contributed by atoms with Crippen molar-refractivity contribution < 1.29 is 9.59 Å². The number of fused-ring (bicyclic) bond motifs is 1. The number of carbonyl (C=O) groups excluding carboxylic acids is 2. The molecule has 25 heavy (non-hydrogen) atoms. The van der Waals surface area contributed by atoms with Crippen molar-refractivity contribution in [3.8, 4) is 0 Å². The van der Waals surface area contributed by atoms with Crippen LogP contribution in [0.3, 0.4) is 0 Å². The van der Waals surface area contributed by atoms with Gasteiger partial charge in [0.05, 0.1) is 5.69 Å². The Morgan fingerprint density at radius 2 is 1.64 bits per heavy atom. The van der Waals surface area contributed by atoms with Gasteiger partial charge in [0, 0.05) is 15.5 Å². The number of anilines is 2. The van der Waals surface area contributed by atoms with E-state index in [-0.39, 0.29) is 11.1 Å². The number of halogens is 1. The minimum atomic E-state index is -0.637. The molecule has 0 bridgehead atoms. The van der Waals surface area contributed by atoms with E-state index < -0.39 is 5.37 Å². The van der Waals surface area contributed by atoms with Crippen LogP contribution in [-0.4, -0.2) is 16.5 Å². The fourth-order valence-corrected chi connectivity index (χ4v) is 3.98. The van der Waals surface area contributed by atoms with Gasteiger partial charge in [0.1, 0.15) is 0 Å². The number of nitrogens with zero attached hydrogens (tertiary/aromatic N) is 1. The smallest absolute Gasteiger partial charge is 0.295 e. The van der Waals surface area contributed by atoms with Crippen LogP contribution in [0.5, 0.6) is 0 Å². The van der Waals surface area contributed by atoms with Crippen LogP contribution in [0, 0.1) is 0 Å². The molecule has 0 saturated carbocycles. The number of hydrogen-bond acceptors (Lipinski definition) is 4.